The standard InChI is InChI=1S/C22H23NO7/c1-14(22(25)23-16-5-7-17(26-2)8-6-16)30-20(24)9-4-15-12-18(27-3)21-19(13-15)28-10-11-29-21/h4-9,12-14H,10-11H2,1-3H3,(H,23,25)/b9-4+/t14-/m0/s1. The van der Waals surface area contributed by atoms with Crippen LogP contribution in [0.3, 0.4) is 0 Å². The molecule has 8 heteroatoms. The van der Waals surface area contributed by atoms with Crippen LogP contribution in [-0.2, 0) is 14.3 Å². The van der Waals surface area contributed by atoms with Gasteiger partial charge >= 0.3 is 5.97 Å². The first-order valence-electron chi connectivity index (χ1n) is 9.31. The fourth-order valence-electron chi connectivity index (χ4n) is 2.74. The first-order valence-corrected chi connectivity index (χ1v) is 9.31. The number of carbonyl (C=O) groups is 2. The maximum atomic E-state index is 12.2. The van der Waals surface area contributed by atoms with Crippen molar-refractivity contribution in [2.24, 2.45) is 0 Å². The van der Waals surface area contributed by atoms with E-state index in [0.717, 1.165) is 0 Å². The largest absolute Gasteiger partial charge is 0.497 e. The molecule has 1 aliphatic heterocycles. The van der Waals surface area contributed by atoms with Crippen LogP contribution in [0.25, 0.3) is 6.08 Å². The van der Waals surface area contributed by atoms with E-state index in [0.29, 0.717) is 47.5 Å². The van der Waals surface area contributed by atoms with E-state index in [1.54, 1.807) is 49.6 Å². The van der Waals surface area contributed by atoms with Gasteiger partial charge in [0.25, 0.3) is 5.91 Å². The van der Waals surface area contributed by atoms with Crippen molar-refractivity contribution < 1.29 is 33.3 Å². The van der Waals surface area contributed by atoms with Gasteiger partial charge in [0.15, 0.2) is 17.6 Å². The van der Waals surface area contributed by atoms with Crippen LogP contribution in [0.5, 0.6) is 23.0 Å². The van der Waals surface area contributed by atoms with E-state index in [1.165, 1.54) is 20.1 Å². The molecule has 0 unspecified atom stereocenters. The quantitative estimate of drug-likeness (QED) is 0.551. The summed E-state index contributed by atoms with van der Waals surface area (Å²) in [6.45, 7) is 2.38. The Kier molecular flexibility index (Phi) is 6.79. The van der Waals surface area contributed by atoms with Crippen molar-refractivity contribution in [3.63, 3.8) is 0 Å². The lowest BCUT2D eigenvalue weighted by Crippen LogP contribution is -2.29. The molecular formula is C22H23NO7. The van der Waals surface area contributed by atoms with E-state index in [4.69, 9.17) is 23.7 Å². The average molecular weight is 413 g/mol. The van der Waals surface area contributed by atoms with Crippen molar-refractivity contribution in [1.29, 1.82) is 0 Å². The number of hydrogen-bond donors (Lipinski definition) is 1. The Balaban J connectivity index is 1.59. The molecule has 1 atom stereocenters. The zero-order chi connectivity index (χ0) is 21.5. The van der Waals surface area contributed by atoms with E-state index in [2.05, 4.69) is 5.32 Å². The summed E-state index contributed by atoms with van der Waals surface area (Å²) in [4.78, 5) is 24.3. The van der Waals surface area contributed by atoms with Crippen LogP contribution in [0, 0.1) is 0 Å². The van der Waals surface area contributed by atoms with Gasteiger partial charge in [0.05, 0.1) is 14.2 Å². The van der Waals surface area contributed by atoms with Crippen molar-refractivity contribution in [2.75, 3.05) is 32.8 Å². The van der Waals surface area contributed by atoms with Crippen LogP contribution in [0.1, 0.15) is 12.5 Å². The Hall–Kier alpha value is -3.68. The number of fused-ring (bicyclic) bond motifs is 1. The summed E-state index contributed by atoms with van der Waals surface area (Å²) in [5.41, 5.74) is 1.24. The molecule has 1 N–H and O–H groups in total. The molecule has 0 radical (unpaired) electrons. The molecule has 1 amide bonds. The normalized spacial score (nSPS) is 13.4. The van der Waals surface area contributed by atoms with E-state index in [-0.39, 0.29) is 0 Å². The van der Waals surface area contributed by atoms with E-state index >= 15 is 0 Å². The Morgan fingerprint density at radius 1 is 1.07 bits per heavy atom. The van der Waals surface area contributed by atoms with Gasteiger partial charge in [-0.1, -0.05) is 0 Å². The van der Waals surface area contributed by atoms with Crippen LogP contribution >= 0.6 is 0 Å². The van der Waals surface area contributed by atoms with Gasteiger partial charge in [-0.3, -0.25) is 4.79 Å². The number of ether oxygens (including phenoxy) is 5. The second-order valence-electron chi connectivity index (χ2n) is 6.38. The SMILES string of the molecule is COc1ccc(NC(=O)[C@H](C)OC(=O)/C=C/c2cc(OC)c3c(c2)OCCO3)cc1. The highest BCUT2D eigenvalue weighted by Gasteiger charge is 2.19. The third-order valence-corrected chi connectivity index (χ3v) is 4.28. The number of esters is 1. The topological polar surface area (TPSA) is 92.3 Å². The van der Waals surface area contributed by atoms with E-state index in [9.17, 15) is 9.59 Å². The predicted octanol–water partition coefficient (Wildman–Crippen LogP) is 3.06. The number of rotatable bonds is 7. The number of hydrogen-bond acceptors (Lipinski definition) is 7. The lowest BCUT2D eigenvalue weighted by molar-refractivity contribution is -0.148. The van der Waals surface area contributed by atoms with Gasteiger partial charge < -0.3 is 29.0 Å². The molecule has 0 fully saturated rings. The van der Waals surface area contributed by atoms with Crippen LogP contribution in [0.4, 0.5) is 5.69 Å². The lowest BCUT2D eigenvalue weighted by atomic mass is 10.1. The van der Waals surface area contributed by atoms with Crippen molar-refractivity contribution in [3.8, 4) is 23.0 Å². The molecule has 0 saturated carbocycles. The second kappa shape index (κ2) is 9.69. The molecule has 0 saturated heterocycles. The smallest absolute Gasteiger partial charge is 0.331 e. The number of carbonyl (C=O) groups excluding carboxylic acids is 2. The number of anilines is 1. The molecule has 158 valence electrons. The average Bonchev–Trinajstić information content (AvgIpc) is 2.77. The molecule has 0 bridgehead atoms. The monoisotopic (exact) mass is 413 g/mol. The molecule has 2 aromatic rings. The summed E-state index contributed by atoms with van der Waals surface area (Å²) >= 11 is 0. The van der Waals surface area contributed by atoms with Crippen LogP contribution in [0.2, 0.25) is 0 Å². The Labute approximate surface area is 174 Å². The van der Waals surface area contributed by atoms with E-state index < -0.39 is 18.0 Å². The zero-order valence-electron chi connectivity index (χ0n) is 17.0. The van der Waals surface area contributed by atoms with Gasteiger partial charge in [-0.2, -0.15) is 0 Å². The minimum atomic E-state index is -0.973. The predicted molar refractivity (Wildman–Crippen MR) is 110 cm³/mol. The Morgan fingerprint density at radius 3 is 2.50 bits per heavy atom. The zero-order valence-corrected chi connectivity index (χ0v) is 17.0. The Bertz CT molecular complexity index is 920. The summed E-state index contributed by atoms with van der Waals surface area (Å²) < 4.78 is 26.7. The molecule has 8 nitrogen and oxygen atoms in total. The molecule has 0 spiro atoms. The fourth-order valence-corrected chi connectivity index (χ4v) is 2.74. The number of methoxy groups -OCH3 is 2. The summed E-state index contributed by atoms with van der Waals surface area (Å²) in [6.07, 6.45) is 1.82. The maximum absolute atomic E-state index is 12.2. The van der Waals surface area contributed by atoms with E-state index in [1.807, 2.05) is 0 Å². The van der Waals surface area contributed by atoms with Gasteiger partial charge in [-0.25, -0.2) is 4.79 Å². The summed E-state index contributed by atoms with van der Waals surface area (Å²) in [6, 6.07) is 10.3. The van der Waals surface area contributed by atoms with Crippen molar-refractivity contribution in [1.82, 2.24) is 0 Å². The molecule has 0 aromatic heterocycles. The van der Waals surface area contributed by atoms with Crippen molar-refractivity contribution >= 4 is 23.6 Å². The maximum Gasteiger partial charge on any atom is 0.331 e. The molecule has 1 heterocycles. The highest BCUT2D eigenvalue weighted by Crippen LogP contribution is 2.40. The van der Waals surface area contributed by atoms with Crippen LogP contribution in [0.15, 0.2) is 42.5 Å². The summed E-state index contributed by atoms with van der Waals surface area (Å²) in [5.74, 6) is 1.16. The van der Waals surface area contributed by atoms with Gasteiger partial charge in [-0.15, -0.1) is 0 Å². The molecule has 0 aliphatic carbocycles. The molecular weight excluding hydrogens is 390 g/mol. The minimum absolute atomic E-state index is 0.437. The van der Waals surface area contributed by atoms with Crippen LogP contribution < -0.4 is 24.3 Å². The third kappa shape index (κ3) is 5.22. The first kappa shape index (κ1) is 21.0. The molecule has 2 aromatic carbocycles. The molecule has 1 aliphatic rings. The number of benzene rings is 2. The summed E-state index contributed by atoms with van der Waals surface area (Å²) in [7, 11) is 3.09. The van der Waals surface area contributed by atoms with Crippen molar-refractivity contribution in [3.05, 3.63) is 48.0 Å². The second-order valence-corrected chi connectivity index (χ2v) is 6.38. The third-order valence-electron chi connectivity index (χ3n) is 4.28. The highest BCUT2D eigenvalue weighted by molar-refractivity contribution is 5.96. The van der Waals surface area contributed by atoms with Gasteiger partial charge in [0, 0.05) is 11.8 Å². The van der Waals surface area contributed by atoms with Crippen LogP contribution in [-0.4, -0.2) is 45.4 Å². The van der Waals surface area contributed by atoms with Crippen molar-refractivity contribution in [2.45, 2.75) is 13.0 Å². The minimum Gasteiger partial charge on any atom is -0.497 e. The Morgan fingerprint density at radius 2 is 1.80 bits per heavy atom. The highest BCUT2D eigenvalue weighted by atomic mass is 16.6. The van der Waals surface area contributed by atoms with Gasteiger partial charge in [-0.05, 0) is 55.0 Å². The van der Waals surface area contributed by atoms with Gasteiger partial charge in [0.2, 0.25) is 5.75 Å². The fraction of sp³-hybridized carbons (Fsp3) is 0.273. The number of nitrogens with one attached hydrogen (secondary N) is 1. The lowest BCUT2D eigenvalue weighted by Gasteiger charge is -2.20. The van der Waals surface area contributed by atoms with Gasteiger partial charge in [0.1, 0.15) is 19.0 Å². The first-order chi connectivity index (χ1) is 14.5. The molecule has 30 heavy (non-hydrogen) atoms. The summed E-state index contributed by atoms with van der Waals surface area (Å²) in [5, 5.41) is 2.68. The molecule has 3 rings (SSSR count). The number of amides is 1.